The molecule has 2 atom stereocenters. The van der Waals surface area contributed by atoms with Gasteiger partial charge in [-0.2, -0.15) is 0 Å². The van der Waals surface area contributed by atoms with Crippen LogP contribution in [0.15, 0.2) is 0 Å². The summed E-state index contributed by atoms with van der Waals surface area (Å²) in [5.41, 5.74) is 0. The van der Waals surface area contributed by atoms with Crippen molar-refractivity contribution in [1.82, 2.24) is 4.90 Å². The summed E-state index contributed by atoms with van der Waals surface area (Å²) in [7, 11) is 0. The van der Waals surface area contributed by atoms with Crippen LogP contribution in [0.2, 0.25) is 0 Å². The number of rotatable bonds is 6. The molecule has 1 heterocycles. The highest BCUT2D eigenvalue weighted by Crippen LogP contribution is 2.22. The predicted octanol–water partition coefficient (Wildman–Crippen LogP) is 1.84. The number of nitrogens with zero attached hydrogens (tertiary/aromatic N) is 1. The summed E-state index contributed by atoms with van der Waals surface area (Å²) >= 11 is 0. The van der Waals surface area contributed by atoms with E-state index in [0.29, 0.717) is 12.0 Å². The molecule has 0 radical (unpaired) electrons. The standard InChI is InChI=1S/C13H25NO3/c1-10(2)9-17-7-6-14-5-4-12(13(15)16)8-11(14)3/h10-12H,4-9H2,1-3H3,(H,15,16). The second-order valence-electron chi connectivity index (χ2n) is 5.41. The Labute approximate surface area is 104 Å². The Morgan fingerprint density at radius 3 is 2.76 bits per heavy atom. The number of carboxylic acid groups (broad SMARTS) is 1. The smallest absolute Gasteiger partial charge is 0.306 e. The molecule has 17 heavy (non-hydrogen) atoms. The molecule has 0 aromatic rings. The van der Waals surface area contributed by atoms with E-state index in [4.69, 9.17) is 9.84 Å². The van der Waals surface area contributed by atoms with Gasteiger partial charge in [0, 0.05) is 19.2 Å². The molecule has 4 nitrogen and oxygen atoms in total. The molecule has 0 aromatic heterocycles. The molecule has 1 fully saturated rings. The summed E-state index contributed by atoms with van der Waals surface area (Å²) in [6, 6.07) is 0.354. The summed E-state index contributed by atoms with van der Waals surface area (Å²) in [5, 5.41) is 8.97. The maximum Gasteiger partial charge on any atom is 0.306 e. The first-order chi connectivity index (χ1) is 8.00. The number of ether oxygens (including phenoxy) is 1. The molecule has 0 bridgehead atoms. The molecule has 0 spiro atoms. The summed E-state index contributed by atoms with van der Waals surface area (Å²) in [6.07, 6.45) is 1.53. The third-order valence-corrected chi connectivity index (χ3v) is 3.34. The maximum atomic E-state index is 10.9. The summed E-state index contributed by atoms with van der Waals surface area (Å²) in [4.78, 5) is 13.2. The lowest BCUT2D eigenvalue weighted by Gasteiger charge is -2.36. The summed E-state index contributed by atoms with van der Waals surface area (Å²) < 4.78 is 5.56. The van der Waals surface area contributed by atoms with Crippen molar-refractivity contribution in [2.45, 2.75) is 39.7 Å². The molecule has 1 aliphatic rings. The minimum Gasteiger partial charge on any atom is -0.481 e. The molecule has 0 amide bonds. The van der Waals surface area contributed by atoms with Crippen LogP contribution in [0.1, 0.15) is 33.6 Å². The molecule has 100 valence electrons. The number of aliphatic carboxylic acids is 1. The Balaban J connectivity index is 2.21. The van der Waals surface area contributed by atoms with Crippen LogP contribution in [0.5, 0.6) is 0 Å². The average Bonchev–Trinajstić information content (AvgIpc) is 2.25. The van der Waals surface area contributed by atoms with Crippen molar-refractivity contribution < 1.29 is 14.6 Å². The van der Waals surface area contributed by atoms with Crippen LogP contribution < -0.4 is 0 Å². The second kappa shape index (κ2) is 6.97. The van der Waals surface area contributed by atoms with Gasteiger partial charge in [-0.05, 0) is 32.2 Å². The van der Waals surface area contributed by atoms with E-state index in [0.717, 1.165) is 39.1 Å². The Morgan fingerprint density at radius 2 is 2.24 bits per heavy atom. The fourth-order valence-corrected chi connectivity index (χ4v) is 2.28. The van der Waals surface area contributed by atoms with Gasteiger partial charge in [0.2, 0.25) is 0 Å². The zero-order valence-corrected chi connectivity index (χ0v) is 11.2. The van der Waals surface area contributed by atoms with E-state index in [9.17, 15) is 4.79 Å². The van der Waals surface area contributed by atoms with E-state index in [1.807, 2.05) is 0 Å². The molecule has 4 heteroatoms. The van der Waals surface area contributed by atoms with Gasteiger partial charge in [-0.3, -0.25) is 9.69 Å². The van der Waals surface area contributed by atoms with Gasteiger partial charge in [0.25, 0.3) is 0 Å². The molecule has 0 saturated carbocycles. The lowest BCUT2D eigenvalue weighted by molar-refractivity contribution is -0.144. The molecular formula is C13H25NO3. The van der Waals surface area contributed by atoms with Gasteiger partial charge in [0.1, 0.15) is 0 Å². The summed E-state index contributed by atoms with van der Waals surface area (Å²) in [5.74, 6) is -0.226. The molecule has 1 N–H and O–H groups in total. The minimum atomic E-state index is -0.646. The zero-order chi connectivity index (χ0) is 12.8. The number of hydrogen-bond donors (Lipinski definition) is 1. The highest BCUT2D eigenvalue weighted by atomic mass is 16.5. The van der Waals surface area contributed by atoms with Crippen LogP contribution in [-0.4, -0.2) is 48.3 Å². The highest BCUT2D eigenvalue weighted by Gasteiger charge is 2.29. The Bertz CT molecular complexity index is 243. The van der Waals surface area contributed by atoms with Gasteiger partial charge in [-0.25, -0.2) is 0 Å². The van der Waals surface area contributed by atoms with E-state index in [1.165, 1.54) is 0 Å². The molecular weight excluding hydrogens is 218 g/mol. The molecule has 1 rings (SSSR count). The van der Waals surface area contributed by atoms with Crippen molar-refractivity contribution in [3.63, 3.8) is 0 Å². The van der Waals surface area contributed by atoms with E-state index in [2.05, 4.69) is 25.7 Å². The minimum absolute atomic E-state index is 0.155. The second-order valence-corrected chi connectivity index (χ2v) is 5.41. The third-order valence-electron chi connectivity index (χ3n) is 3.34. The molecule has 2 unspecified atom stereocenters. The third kappa shape index (κ3) is 5.04. The van der Waals surface area contributed by atoms with Crippen LogP contribution in [-0.2, 0) is 9.53 Å². The lowest BCUT2D eigenvalue weighted by Crippen LogP contribution is -2.44. The fourth-order valence-electron chi connectivity index (χ4n) is 2.28. The number of carboxylic acids is 1. The summed E-state index contributed by atoms with van der Waals surface area (Å²) in [6.45, 7) is 9.74. The average molecular weight is 243 g/mol. The van der Waals surface area contributed by atoms with Crippen LogP contribution in [0, 0.1) is 11.8 Å². The molecule has 1 saturated heterocycles. The fraction of sp³-hybridized carbons (Fsp3) is 0.923. The van der Waals surface area contributed by atoms with Crippen LogP contribution in [0.4, 0.5) is 0 Å². The van der Waals surface area contributed by atoms with E-state index in [1.54, 1.807) is 0 Å². The normalized spacial score (nSPS) is 26.4. The van der Waals surface area contributed by atoms with Gasteiger partial charge in [-0.1, -0.05) is 13.8 Å². The zero-order valence-electron chi connectivity index (χ0n) is 11.2. The Hall–Kier alpha value is -0.610. The number of piperidine rings is 1. The van der Waals surface area contributed by atoms with Crippen molar-refractivity contribution in [3.05, 3.63) is 0 Å². The van der Waals surface area contributed by atoms with Gasteiger partial charge in [-0.15, -0.1) is 0 Å². The molecule has 0 aliphatic carbocycles. The molecule has 0 aromatic carbocycles. The maximum absolute atomic E-state index is 10.9. The largest absolute Gasteiger partial charge is 0.481 e. The number of carbonyl (C=O) groups is 1. The van der Waals surface area contributed by atoms with Crippen molar-refractivity contribution in [2.75, 3.05) is 26.3 Å². The van der Waals surface area contributed by atoms with Gasteiger partial charge in [0.05, 0.1) is 12.5 Å². The first-order valence-electron chi connectivity index (χ1n) is 6.55. The Morgan fingerprint density at radius 1 is 1.53 bits per heavy atom. The SMILES string of the molecule is CC(C)COCCN1CCC(C(=O)O)CC1C. The van der Waals surface area contributed by atoms with Crippen molar-refractivity contribution in [3.8, 4) is 0 Å². The van der Waals surface area contributed by atoms with Gasteiger partial charge < -0.3 is 9.84 Å². The Kier molecular flexibility index (Phi) is 5.92. The molecule has 1 aliphatic heterocycles. The number of hydrogen-bond acceptors (Lipinski definition) is 3. The van der Waals surface area contributed by atoms with Crippen LogP contribution >= 0.6 is 0 Å². The van der Waals surface area contributed by atoms with Crippen molar-refractivity contribution in [2.24, 2.45) is 11.8 Å². The highest BCUT2D eigenvalue weighted by molar-refractivity contribution is 5.70. The number of likely N-dealkylation sites (tertiary alicyclic amines) is 1. The van der Waals surface area contributed by atoms with Crippen LogP contribution in [0.3, 0.4) is 0 Å². The lowest BCUT2D eigenvalue weighted by atomic mass is 9.92. The van der Waals surface area contributed by atoms with E-state index >= 15 is 0 Å². The van der Waals surface area contributed by atoms with Gasteiger partial charge in [0.15, 0.2) is 0 Å². The monoisotopic (exact) mass is 243 g/mol. The van der Waals surface area contributed by atoms with Crippen LogP contribution in [0.25, 0.3) is 0 Å². The van der Waals surface area contributed by atoms with Gasteiger partial charge >= 0.3 is 5.97 Å². The first kappa shape index (κ1) is 14.5. The van der Waals surface area contributed by atoms with E-state index < -0.39 is 5.97 Å². The van der Waals surface area contributed by atoms with Crippen molar-refractivity contribution >= 4 is 5.97 Å². The quantitative estimate of drug-likeness (QED) is 0.723. The topological polar surface area (TPSA) is 49.8 Å². The van der Waals surface area contributed by atoms with E-state index in [-0.39, 0.29) is 5.92 Å². The van der Waals surface area contributed by atoms with Crippen molar-refractivity contribution in [1.29, 1.82) is 0 Å². The first-order valence-corrected chi connectivity index (χ1v) is 6.55. The predicted molar refractivity (Wildman–Crippen MR) is 67.1 cm³/mol.